The zero-order valence-corrected chi connectivity index (χ0v) is 11.0. The van der Waals surface area contributed by atoms with E-state index in [4.69, 9.17) is 9.26 Å². The summed E-state index contributed by atoms with van der Waals surface area (Å²) < 4.78 is 9.97. The monoisotopic (exact) mass is 259 g/mol. The first-order valence-electron chi connectivity index (χ1n) is 6.46. The Balaban J connectivity index is 1.82. The fourth-order valence-electron chi connectivity index (χ4n) is 1.84. The lowest BCUT2D eigenvalue weighted by Crippen LogP contribution is -2.04. The average molecular weight is 259 g/mol. The Bertz CT molecular complexity index is 519. The first-order chi connectivity index (χ1) is 9.29. The predicted octanol–water partition coefficient (Wildman–Crippen LogP) is 3.03. The van der Waals surface area contributed by atoms with E-state index in [1.807, 2.05) is 18.2 Å². The van der Waals surface area contributed by atoms with Gasteiger partial charge < -0.3 is 9.26 Å². The molecule has 4 heteroatoms. The van der Waals surface area contributed by atoms with Crippen molar-refractivity contribution in [3.8, 4) is 0 Å². The second-order valence-electron chi connectivity index (χ2n) is 4.24. The van der Waals surface area contributed by atoms with E-state index in [-0.39, 0.29) is 5.69 Å². The van der Waals surface area contributed by atoms with Gasteiger partial charge in [0.15, 0.2) is 5.69 Å². The van der Waals surface area contributed by atoms with Crippen molar-refractivity contribution in [1.29, 1.82) is 0 Å². The van der Waals surface area contributed by atoms with Gasteiger partial charge in [0.25, 0.3) is 0 Å². The molecule has 0 spiro atoms. The molecule has 0 aliphatic heterocycles. The summed E-state index contributed by atoms with van der Waals surface area (Å²) in [5.74, 6) is 0.291. The fraction of sp³-hybridized carbons (Fsp3) is 0.333. The second kappa shape index (κ2) is 6.73. The fourth-order valence-corrected chi connectivity index (χ4v) is 1.84. The number of nitrogens with zero attached hydrogens (tertiary/aromatic N) is 1. The van der Waals surface area contributed by atoms with Gasteiger partial charge in [0.1, 0.15) is 5.76 Å². The van der Waals surface area contributed by atoms with Gasteiger partial charge in [-0.05, 0) is 25.3 Å². The summed E-state index contributed by atoms with van der Waals surface area (Å²) in [5, 5.41) is 3.71. The molecule has 1 aromatic heterocycles. The van der Waals surface area contributed by atoms with Crippen LogP contribution in [0.4, 0.5) is 0 Å². The number of esters is 1. The van der Waals surface area contributed by atoms with Gasteiger partial charge in [-0.2, -0.15) is 0 Å². The van der Waals surface area contributed by atoms with Gasteiger partial charge in [-0.15, -0.1) is 0 Å². The Morgan fingerprint density at radius 2 is 2.05 bits per heavy atom. The lowest BCUT2D eigenvalue weighted by Gasteiger charge is -1.98. The van der Waals surface area contributed by atoms with Crippen molar-refractivity contribution < 1.29 is 14.1 Å². The number of benzene rings is 1. The Labute approximate surface area is 112 Å². The highest BCUT2D eigenvalue weighted by Gasteiger charge is 2.12. The zero-order valence-electron chi connectivity index (χ0n) is 11.0. The molecule has 4 nitrogen and oxygen atoms in total. The Morgan fingerprint density at radius 1 is 1.26 bits per heavy atom. The predicted molar refractivity (Wildman–Crippen MR) is 70.9 cm³/mol. The molecule has 0 aliphatic carbocycles. The minimum Gasteiger partial charge on any atom is -0.461 e. The highest BCUT2D eigenvalue weighted by molar-refractivity contribution is 5.87. The minimum absolute atomic E-state index is 0.247. The molecular weight excluding hydrogens is 242 g/mol. The van der Waals surface area contributed by atoms with Crippen LogP contribution >= 0.6 is 0 Å². The lowest BCUT2D eigenvalue weighted by atomic mass is 10.1. The van der Waals surface area contributed by atoms with Crippen LogP contribution in [0.5, 0.6) is 0 Å². The molecule has 0 amide bonds. The number of aromatic nitrogens is 1. The number of aryl methyl sites for hydroxylation is 2. The maximum Gasteiger partial charge on any atom is 0.360 e. The van der Waals surface area contributed by atoms with Crippen LogP contribution in [-0.2, 0) is 17.6 Å². The van der Waals surface area contributed by atoms with E-state index < -0.39 is 5.97 Å². The maximum absolute atomic E-state index is 11.4. The SMILES string of the molecule is CCOC(=O)c1cc(CCCc2ccccc2)on1. The number of hydrogen-bond donors (Lipinski definition) is 0. The molecule has 19 heavy (non-hydrogen) atoms. The molecule has 0 N–H and O–H groups in total. The average Bonchev–Trinajstić information content (AvgIpc) is 2.89. The molecule has 2 rings (SSSR count). The smallest absolute Gasteiger partial charge is 0.360 e. The van der Waals surface area contributed by atoms with Crippen LogP contribution in [0, 0.1) is 0 Å². The normalized spacial score (nSPS) is 10.4. The molecular formula is C15H17NO3. The number of carbonyl (C=O) groups excluding carboxylic acids is 1. The molecule has 0 unspecified atom stereocenters. The van der Waals surface area contributed by atoms with Gasteiger partial charge in [0, 0.05) is 12.5 Å². The molecule has 0 saturated carbocycles. The molecule has 0 bridgehead atoms. The van der Waals surface area contributed by atoms with E-state index in [0.29, 0.717) is 6.61 Å². The number of ether oxygens (including phenoxy) is 1. The Hall–Kier alpha value is -2.10. The Morgan fingerprint density at radius 3 is 2.79 bits per heavy atom. The largest absolute Gasteiger partial charge is 0.461 e. The summed E-state index contributed by atoms with van der Waals surface area (Å²) in [6.07, 6.45) is 2.71. The van der Waals surface area contributed by atoms with Gasteiger partial charge in [-0.3, -0.25) is 0 Å². The van der Waals surface area contributed by atoms with E-state index in [2.05, 4.69) is 17.3 Å². The summed E-state index contributed by atoms with van der Waals surface area (Å²) in [6, 6.07) is 11.9. The second-order valence-corrected chi connectivity index (χ2v) is 4.24. The molecule has 1 heterocycles. The molecule has 2 aromatic rings. The van der Waals surface area contributed by atoms with E-state index in [0.717, 1.165) is 25.0 Å². The topological polar surface area (TPSA) is 52.3 Å². The summed E-state index contributed by atoms with van der Waals surface area (Å²) >= 11 is 0. The van der Waals surface area contributed by atoms with Crippen molar-refractivity contribution in [1.82, 2.24) is 5.16 Å². The van der Waals surface area contributed by atoms with Crippen molar-refractivity contribution in [3.05, 3.63) is 53.4 Å². The first kappa shape index (κ1) is 13.3. The van der Waals surface area contributed by atoms with Gasteiger partial charge in [-0.1, -0.05) is 35.5 Å². The van der Waals surface area contributed by atoms with Crippen LogP contribution in [0.15, 0.2) is 40.9 Å². The maximum atomic E-state index is 11.4. The van der Waals surface area contributed by atoms with Crippen LogP contribution < -0.4 is 0 Å². The van der Waals surface area contributed by atoms with E-state index in [9.17, 15) is 4.79 Å². The van der Waals surface area contributed by atoms with Crippen molar-refractivity contribution in [2.24, 2.45) is 0 Å². The molecule has 0 aliphatic rings. The number of carbonyl (C=O) groups is 1. The van der Waals surface area contributed by atoms with Crippen molar-refractivity contribution in [3.63, 3.8) is 0 Å². The first-order valence-corrected chi connectivity index (χ1v) is 6.46. The lowest BCUT2D eigenvalue weighted by molar-refractivity contribution is 0.0514. The minimum atomic E-state index is -0.430. The van der Waals surface area contributed by atoms with E-state index in [1.54, 1.807) is 13.0 Å². The highest BCUT2D eigenvalue weighted by atomic mass is 16.5. The van der Waals surface area contributed by atoms with Gasteiger partial charge in [0.05, 0.1) is 6.61 Å². The third-order valence-corrected chi connectivity index (χ3v) is 2.77. The summed E-state index contributed by atoms with van der Waals surface area (Å²) in [5.41, 5.74) is 1.55. The van der Waals surface area contributed by atoms with E-state index >= 15 is 0 Å². The highest BCUT2D eigenvalue weighted by Crippen LogP contribution is 2.10. The molecule has 0 radical (unpaired) electrons. The third kappa shape index (κ3) is 3.95. The van der Waals surface area contributed by atoms with Gasteiger partial charge >= 0.3 is 5.97 Å². The molecule has 0 saturated heterocycles. The van der Waals surface area contributed by atoms with Crippen molar-refractivity contribution in [2.75, 3.05) is 6.61 Å². The third-order valence-electron chi connectivity index (χ3n) is 2.77. The van der Waals surface area contributed by atoms with Crippen LogP contribution in [-0.4, -0.2) is 17.7 Å². The molecule has 0 fully saturated rings. The van der Waals surface area contributed by atoms with Crippen molar-refractivity contribution in [2.45, 2.75) is 26.2 Å². The molecule has 100 valence electrons. The van der Waals surface area contributed by atoms with Crippen LogP contribution in [0.3, 0.4) is 0 Å². The van der Waals surface area contributed by atoms with Gasteiger partial charge in [-0.25, -0.2) is 4.79 Å². The number of hydrogen-bond acceptors (Lipinski definition) is 4. The van der Waals surface area contributed by atoms with Crippen LogP contribution in [0.1, 0.15) is 35.2 Å². The Kier molecular flexibility index (Phi) is 4.72. The summed E-state index contributed by atoms with van der Waals surface area (Å²) in [4.78, 5) is 11.4. The standard InChI is InChI=1S/C15H17NO3/c1-2-18-15(17)14-11-13(19-16-14)10-6-9-12-7-4-3-5-8-12/h3-5,7-8,11H,2,6,9-10H2,1H3. The van der Waals surface area contributed by atoms with Crippen molar-refractivity contribution >= 4 is 5.97 Å². The molecule has 0 atom stereocenters. The molecule has 1 aromatic carbocycles. The van der Waals surface area contributed by atoms with Crippen LogP contribution in [0.25, 0.3) is 0 Å². The van der Waals surface area contributed by atoms with Gasteiger partial charge in [0.2, 0.25) is 0 Å². The number of rotatable bonds is 6. The summed E-state index contributed by atoms with van der Waals surface area (Å²) in [7, 11) is 0. The zero-order chi connectivity index (χ0) is 13.5. The quantitative estimate of drug-likeness (QED) is 0.748. The van der Waals surface area contributed by atoms with Crippen LogP contribution in [0.2, 0.25) is 0 Å². The summed E-state index contributed by atoms with van der Waals surface area (Å²) in [6.45, 7) is 2.10. The van der Waals surface area contributed by atoms with E-state index in [1.165, 1.54) is 5.56 Å².